The zero-order valence-electron chi connectivity index (χ0n) is 8.29. The Hall–Kier alpha value is -1.94. The van der Waals surface area contributed by atoms with E-state index in [2.05, 4.69) is 15.2 Å². The number of halogens is 1. The summed E-state index contributed by atoms with van der Waals surface area (Å²) >= 11 is 6.06. The van der Waals surface area contributed by atoms with Crippen molar-refractivity contribution in [1.82, 2.24) is 15.2 Å². The molecule has 0 fully saturated rings. The monoisotopic (exact) mass is 232 g/mol. The van der Waals surface area contributed by atoms with E-state index in [0.29, 0.717) is 10.8 Å². The summed E-state index contributed by atoms with van der Waals surface area (Å²) in [6, 6.07) is 7.71. The van der Waals surface area contributed by atoms with E-state index in [9.17, 15) is 0 Å². The van der Waals surface area contributed by atoms with Crippen molar-refractivity contribution in [3.05, 3.63) is 35.5 Å². The maximum Gasteiger partial charge on any atom is 0.145 e. The molecule has 0 atom stereocenters. The van der Waals surface area contributed by atoms with Crippen LogP contribution in [0, 0.1) is 0 Å². The van der Waals surface area contributed by atoms with Gasteiger partial charge in [-0.15, -0.1) is 0 Å². The van der Waals surface area contributed by atoms with Crippen LogP contribution in [-0.4, -0.2) is 15.2 Å². The molecule has 3 aromatic rings. The minimum Gasteiger partial charge on any atom is -0.382 e. The topological polar surface area (TPSA) is 70.5 Å². The van der Waals surface area contributed by atoms with Gasteiger partial charge in [0.25, 0.3) is 0 Å². The molecule has 0 unspecified atom stereocenters. The van der Waals surface area contributed by atoms with Crippen LogP contribution < -0.4 is 5.73 Å². The Balaban J connectivity index is 2.31. The molecule has 0 saturated heterocycles. The molecule has 0 bridgehead atoms. The summed E-state index contributed by atoms with van der Waals surface area (Å²) in [5.41, 5.74) is 8.45. The number of para-hydroxylation sites is 1. The van der Waals surface area contributed by atoms with Crippen LogP contribution in [0.15, 0.2) is 30.5 Å². The molecule has 0 spiro atoms. The van der Waals surface area contributed by atoms with Crippen molar-refractivity contribution in [1.29, 1.82) is 0 Å². The second-order valence-corrected chi connectivity index (χ2v) is 3.98. The average molecular weight is 233 g/mol. The fourth-order valence-corrected chi connectivity index (χ4v) is 2.03. The maximum atomic E-state index is 6.06. The fourth-order valence-electron chi connectivity index (χ4n) is 1.82. The van der Waals surface area contributed by atoms with E-state index in [4.69, 9.17) is 17.3 Å². The average Bonchev–Trinajstić information content (AvgIpc) is 2.86. The van der Waals surface area contributed by atoms with Crippen molar-refractivity contribution in [3.63, 3.8) is 0 Å². The SMILES string of the molecule is Nc1cc(-c2cccc3c(Cl)c[nH]c23)[nH]n1. The lowest BCUT2D eigenvalue weighted by atomic mass is 10.1. The Labute approximate surface area is 96.4 Å². The molecule has 0 aliphatic carbocycles. The van der Waals surface area contributed by atoms with E-state index in [-0.39, 0.29) is 0 Å². The fraction of sp³-hybridized carbons (Fsp3) is 0. The van der Waals surface area contributed by atoms with Crippen LogP contribution in [0.5, 0.6) is 0 Å². The van der Waals surface area contributed by atoms with Gasteiger partial charge in [0, 0.05) is 23.2 Å². The van der Waals surface area contributed by atoms with E-state index < -0.39 is 0 Å². The zero-order chi connectivity index (χ0) is 11.1. The number of anilines is 1. The van der Waals surface area contributed by atoms with Crippen LogP contribution >= 0.6 is 11.6 Å². The molecule has 0 aliphatic rings. The summed E-state index contributed by atoms with van der Waals surface area (Å²) in [7, 11) is 0. The van der Waals surface area contributed by atoms with Crippen molar-refractivity contribution < 1.29 is 0 Å². The van der Waals surface area contributed by atoms with Crippen molar-refractivity contribution >= 4 is 28.3 Å². The number of hydrogen-bond acceptors (Lipinski definition) is 2. The predicted octanol–water partition coefficient (Wildman–Crippen LogP) is 2.79. The molecule has 2 aromatic heterocycles. The normalized spacial score (nSPS) is 11.1. The quantitative estimate of drug-likeness (QED) is 0.604. The lowest BCUT2D eigenvalue weighted by Crippen LogP contribution is -1.81. The molecular weight excluding hydrogens is 224 g/mol. The smallest absolute Gasteiger partial charge is 0.145 e. The third kappa shape index (κ3) is 1.27. The second-order valence-electron chi connectivity index (χ2n) is 3.57. The van der Waals surface area contributed by atoms with Crippen LogP contribution in [0.1, 0.15) is 0 Å². The van der Waals surface area contributed by atoms with Crippen molar-refractivity contribution in [2.24, 2.45) is 0 Å². The van der Waals surface area contributed by atoms with Crippen LogP contribution in [-0.2, 0) is 0 Å². The number of fused-ring (bicyclic) bond motifs is 1. The molecule has 1 aromatic carbocycles. The first-order valence-electron chi connectivity index (χ1n) is 4.82. The standard InChI is InChI=1S/C11H9ClN4/c12-8-5-14-11-6(8)2-1-3-7(11)9-4-10(13)16-15-9/h1-5,14H,(H3,13,15,16). The van der Waals surface area contributed by atoms with Crippen LogP contribution in [0.3, 0.4) is 0 Å². The van der Waals surface area contributed by atoms with Gasteiger partial charge in [-0.1, -0.05) is 29.8 Å². The highest BCUT2D eigenvalue weighted by atomic mass is 35.5. The molecule has 2 heterocycles. The Morgan fingerprint density at radius 2 is 2.19 bits per heavy atom. The number of nitrogen functional groups attached to an aromatic ring is 1. The van der Waals surface area contributed by atoms with Crippen molar-refractivity contribution in [2.75, 3.05) is 5.73 Å². The third-order valence-electron chi connectivity index (χ3n) is 2.55. The number of rotatable bonds is 1. The molecule has 3 rings (SSSR count). The highest BCUT2D eigenvalue weighted by Crippen LogP contribution is 2.31. The Kier molecular flexibility index (Phi) is 1.91. The number of hydrogen-bond donors (Lipinski definition) is 3. The zero-order valence-corrected chi connectivity index (χ0v) is 9.05. The summed E-state index contributed by atoms with van der Waals surface area (Å²) in [6.45, 7) is 0. The summed E-state index contributed by atoms with van der Waals surface area (Å²) in [6.07, 6.45) is 1.77. The number of aromatic amines is 2. The molecule has 80 valence electrons. The molecule has 4 nitrogen and oxygen atoms in total. The Bertz CT molecular complexity index is 653. The van der Waals surface area contributed by atoms with Crippen molar-refractivity contribution in [3.8, 4) is 11.3 Å². The maximum absolute atomic E-state index is 6.06. The summed E-state index contributed by atoms with van der Waals surface area (Å²) < 4.78 is 0. The summed E-state index contributed by atoms with van der Waals surface area (Å²) in [5.74, 6) is 0.477. The van der Waals surface area contributed by atoms with E-state index in [1.807, 2.05) is 18.2 Å². The molecule has 4 N–H and O–H groups in total. The van der Waals surface area contributed by atoms with Gasteiger partial charge in [0.2, 0.25) is 0 Å². The van der Waals surface area contributed by atoms with E-state index >= 15 is 0 Å². The van der Waals surface area contributed by atoms with Gasteiger partial charge in [0.15, 0.2) is 0 Å². The van der Waals surface area contributed by atoms with E-state index in [1.165, 1.54) is 0 Å². The van der Waals surface area contributed by atoms with Crippen LogP contribution in [0.4, 0.5) is 5.82 Å². The molecule has 5 heteroatoms. The molecule has 0 amide bonds. The highest BCUT2D eigenvalue weighted by Gasteiger charge is 2.09. The predicted molar refractivity (Wildman–Crippen MR) is 65.3 cm³/mol. The number of nitrogens with zero attached hydrogens (tertiary/aromatic N) is 1. The second kappa shape index (κ2) is 3.28. The van der Waals surface area contributed by atoms with Gasteiger partial charge in [-0.25, -0.2) is 0 Å². The minimum absolute atomic E-state index is 0.477. The summed E-state index contributed by atoms with van der Waals surface area (Å²) in [5, 5.41) is 8.50. The molecule has 16 heavy (non-hydrogen) atoms. The molecule has 0 saturated carbocycles. The number of nitrogens with two attached hydrogens (primary N) is 1. The number of H-pyrrole nitrogens is 2. The van der Waals surface area contributed by atoms with Crippen LogP contribution in [0.2, 0.25) is 5.02 Å². The number of aromatic nitrogens is 3. The van der Waals surface area contributed by atoms with Crippen molar-refractivity contribution in [2.45, 2.75) is 0 Å². The highest BCUT2D eigenvalue weighted by molar-refractivity contribution is 6.35. The molecular formula is C11H9ClN4. The van der Waals surface area contributed by atoms with Gasteiger partial charge >= 0.3 is 0 Å². The molecule has 0 aliphatic heterocycles. The van der Waals surface area contributed by atoms with Gasteiger partial charge in [-0.3, -0.25) is 5.10 Å². The van der Waals surface area contributed by atoms with E-state index in [0.717, 1.165) is 22.2 Å². The first-order valence-corrected chi connectivity index (χ1v) is 5.20. The number of nitrogens with one attached hydrogen (secondary N) is 2. The first-order chi connectivity index (χ1) is 7.75. The van der Waals surface area contributed by atoms with Gasteiger partial charge in [-0.2, -0.15) is 5.10 Å². The number of benzene rings is 1. The lowest BCUT2D eigenvalue weighted by molar-refractivity contribution is 1.10. The third-order valence-corrected chi connectivity index (χ3v) is 2.87. The van der Waals surface area contributed by atoms with E-state index in [1.54, 1.807) is 12.3 Å². The first kappa shape index (κ1) is 9.30. The summed E-state index contributed by atoms with van der Waals surface area (Å²) in [4.78, 5) is 3.14. The lowest BCUT2D eigenvalue weighted by Gasteiger charge is -1.99. The Morgan fingerprint density at radius 1 is 1.31 bits per heavy atom. The van der Waals surface area contributed by atoms with Crippen LogP contribution in [0.25, 0.3) is 22.2 Å². The van der Waals surface area contributed by atoms with Gasteiger partial charge in [-0.05, 0) is 0 Å². The van der Waals surface area contributed by atoms with Gasteiger partial charge in [0.05, 0.1) is 16.2 Å². The largest absolute Gasteiger partial charge is 0.382 e. The van der Waals surface area contributed by atoms with Gasteiger partial charge < -0.3 is 10.7 Å². The Morgan fingerprint density at radius 3 is 2.94 bits per heavy atom. The van der Waals surface area contributed by atoms with Gasteiger partial charge in [0.1, 0.15) is 5.82 Å². The minimum atomic E-state index is 0.477. The molecule has 0 radical (unpaired) electrons.